The first-order valence-electron chi connectivity index (χ1n) is 11.0. The van der Waals surface area contributed by atoms with Gasteiger partial charge in [-0.2, -0.15) is 5.26 Å². The van der Waals surface area contributed by atoms with Crippen molar-refractivity contribution < 1.29 is 14.3 Å². The van der Waals surface area contributed by atoms with Crippen LogP contribution in [0.4, 0.5) is 0 Å². The Hall–Kier alpha value is -3.33. The van der Waals surface area contributed by atoms with Crippen molar-refractivity contribution in [3.8, 4) is 11.8 Å². The lowest BCUT2D eigenvalue weighted by Crippen LogP contribution is -2.41. The van der Waals surface area contributed by atoms with E-state index >= 15 is 0 Å². The predicted octanol–water partition coefficient (Wildman–Crippen LogP) is 3.73. The van der Waals surface area contributed by atoms with E-state index in [1.807, 2.05) is 34.1 Å². The summed E-state index contributed by atoms with van der Waals surface area (Å²) in [7, 11) is 0. The van der Waals surface area contributed by atoms with Gasteiger partial charge in [0.15, 0.2) is 0 Å². The Morgan fingerprint density at radius 3 is 2.39 bits per heavy atom. The molecule has 2 aliphatic rings. The molecule has 0 unspecified atom stereocenters. The molecule has 0 N–H and O–H groups in total. The van der Waals surface area contributed by atoms with E-state index in [0.717, 1.165) is 45.3 Å². The summed E-state index contributed by atoms with van der Waals surface area (Å²) in [4.78, 5) is 29.2. The molecule has 0 saturated carbocycles. The average Bonchev–Trinajstić information content (AvgIpc) is 3.37. The predicted molar refractivity (Wildman–Crippen MR) is 117 cm³/mol. The molecule has 0 aliphatic carbocycles. The second kappa shape index (κ2) is 9.65. The van der Waals surface area contributed by atoms with Crippen molar-refractivity contribution in [3.05, 3.63) is 65.2 Å². The van der Waals surface area contributed by atoms with Crippen LogP contribution in [0.1, 0.15) is 52.0 Å². The summed E-state index contributed by atoms with van der Waals surface area (Å²) in [6.45, 7) is 3.54. The van der Waals surface area contributed by atoms with E-state index in [1.54, 1.807) is 24.3 Å². The fourth-order valence-electron chi connectivity index (χ4n) is 4.29. The molecule has 2 saturated heterocycles. The van der Waals surface area contributed by atoms with Crippen LogP contribution in [0.15, 0.2) is 48.5 Å². The minimum absolute atomic E-state index is 0.00704. The van der Waals surface area contributed by atoms with Gasteiger partial charge < -0.3 is 14.5 Å². The first kappa shape index (κ1) is 20.9. The number of likely N-dealkylation sites (tertiary alicyclic amines) is 2. The first-order chi connectivity index (χ1) is 15.1. The quantitative estimate of drug-likeness (QED) is 0.743. The van der Waals surface area contributed by atoms with Crippen LogP contribution in [0.2, 0.25) is 0 Å². The summed E-state index contributed by atoms with van der Waals surface area (Å²) >= 11 is 0. The summed E-state index contributed by atoms with van der Waals surface area (Å²) in [6.07, 6.45) is 4.08. The van der Waals surface area contributed by atoms with Crippen LogP contribution in [0.25, 0.3) is 0 Å². The molecule has 1 atom stereocenters. The third-order valence-corrected chi connectivity index (χ3v) is 6.03. The Kier molecular flexibility index (Phi) is 6.51. The van der Waals surface area contributed by atoms with Crippen molar-refractivity contribution >= 4 is 11.8 Å². The molecule has 2 aromatic carbocycles. The van der Waals surface area contributed by atoms with Crippen molar-refractivity contribution in [3.63, 3.8) is 0 Å². The number of nitriles is 1. The van der Waals surface area contributed by atoms with Gasteiger partial charge in [-0.25, -0.2) is 0 Å². The highest BCUT2D eigenvalue weighted by atomic mass is 16.5. The number of nitrogens with zero attached hydrogens (tertiary/aromatic N) is 3. The van der Waals surface area contributed by atoms with Gasteiger partial charge in [-0.05, 0) is 68.1 Å². The minimum Gasteiger partial charge on any atom is -0.493 e. The molecule has 0 spiro atoms. The fourth-order valence-corrected chi connectivity index (χ4v) is 4.29. The highest BCUT2D eigenvalue weighted by Crippen LogP contribution is 2.22. The van der Waals surface area contributed by atoms with Gasteiger partial charge in [0.1, 0.15) is 5.75 Å². The third-order valence-electron chi connectivity index (χ3n) is 6.03. The SMILES string of the molecule is N#Cc1ccc(C(=O)N2CCC[C@H](COc3cccc(C(=O)N4CCCC4)c3)C2)cc1. The van der Waals surface area contributed by atoms with E-state index in [9.17, 15) is 9.59 Å². The number of ether oxygens (including phenoxy) is 1. The number of hydrogen-bond acceptors (Lipinski definition) is 4. The zero-order valence-electron chi connectivity index (χ0n) is 17.6. The van der Waals surface area contributed by atoms with Crippen LogP contribution in [0, 0.1) is 17.2 Å². The lowest BCUT2D eigenvalue weighted by Gasteiger charge is -2.32. The van der Waals surface area contributed by atoms with Crippen LogP contribution >= 0.6 is 0 Å². The molecule has 6 heteroatoms. The van der Waals surface area contributed by atoms with Gasteiger partial charge in [0, 0.05) is 43.2 Å². The molecule has 2 fully saturated rings. The number of carbonyl (C=O) groups excluding carboxylic acids is 2. The van der Waals surface area contributed by atoms with E-state index in [-0.39, 0.29) is 17.7 Å². The van der Waals surface area contributed by atoms with Crippen LogP contribution in [0.5, 0.6) is 5.75 Å². The van der Waals surface area contributed by atoms with Gasteiger partial charge in [-0.1, -0.05) is 6.07 Å². The molecular formula is C25H27N3O3. The summed E-state index contributed by atoms with van der Waals surface area (Å²) in [5.41, 5.74) is 1.82. The molecule has 31 heavy (non-hydrogen) atoms. The highest BCUT2D eigenvalue weighted by molar-refractivity contribution is 5.95. The number of amides is 2. The molecule has 2 amide bonds. The topological polar surface area (TPSA) is 73.6 Å². The second-order valence-corrected chi connectivity index (χ2v) is 8.29. The van der Waals surface area contributed by atoms with Crippen LogP contribution in [-0.4, -0.2) is 54.4 Å². The molecular weight excluding hydrogens is 390 g/mol. The van der Waals surface area contributed by atoms with Crippen LogP contribution in [0.3, 0.4) is 0 Å². The van der Waals surface area contributed by atoms with E-state index in [1.165, 1.54) is 0 Å². The van der Waals surface area contributed by atoms with Crippen molar-refractivity contribution in [2.75, 3.05) is 32.8 Å². The molecule has 2 aromatic rings. The molecule has 2 heterocycles. The lowest BCUT2D eigenvalue weighted by atomic mass is 9.98. The van der Waals surface area contributed by atoms with E-state index < -0.39 is 0 Å². The molecule has 0 radical (unpaired) electrons. The average molecular weight is 418 g/mol. The van der Waals surface area contributed by atoms with Crippen molar-refractivity contribution in [2.24, 2.45) is 5.92 Å². The monoisotopic (exact) mass is 417 g/mol. The fraction of sp³-hybridized carbons (Fsp3) is 0.400. The van der Waals surface area contributed by atoms with Crippen molar-refractivity contribution in [1.82, 2.24) is 9.80 Å². The summed E-state index contributed by atoms with van der Waals surface area (Å²) < 4.78 is 6.02. The Bertz CT molecular complexity index is 974. The minimum atomic E-state index is -0.00704. The molecule has 160 valence electrons. The normalized spacial score (nSPS) is 18.5. The van der Waals surface area contributed by atoms with Gasteiger partial charge in [0.2, 0.25) is 0 Å². The largest absolute Gasteiger partial charge is 0.493 e. The Balaban J connectivity index is 1.33. The summed E-state index contributed by atoms with van der Waals surface area (Å²) in [5.74, 6) is 1.00. The molecule has 4 rings (SSSR count). The summed E-state index contributed by atoms with van der Waals surface area (Å²) in [5, 5.41) is 8.93. The Morgan fingerprint density at radius 1 is 0.935 bits per heavy atom. The molecule has 0 aromatic heterocycles. The standard InChI is InChI=1S/C25H27N3O3/c26-16-19-8-10-21(11-9-19)24(29)28-14-4-5-20(17-28)18-31-23-7-3-6-22(15-23)25(30)27-12-1-2-13-27/h3,6-11,15,20H,1-2,4-5,12-14,17-18H2/t20-/m0/s1. The van der Waals surface area contributed by atoms with Crippen LogP contribution < -0.4 is 4.74 Å². The zero-order chi connectivity index (χ0) is 21.6. The van der Waals surface area contributed by atoms with Gasteiger partial charge in [-0.15, -0.1) is 0 Å². The smallest absolute Gasteiger partial charge is 0.253 e. The third kappa shape index (κ3) is 5.05. The lowest BCUT2D eigenvalue weighted by molar-refractivity contribution is 0.0632. The number of piperidine rings is 1. The van der Waals surface area contributed by atoms with Gasteiger partial charge >= 0.3 is 0 Å². The number of benzene rings is 2. The second-order valence-electron chi connectivity index (χ2n) is 8.29. The zero-order valence-corrected chi connectivity index (χ0v) is 17.6. The highest BCUT2D eigenvalue weighted by Gasteiger charge is 2.25. The van der Waals surface area contributed by atoms with Crippen molar-refractivity contribution in [2.45, 2.75) is 25.7 Å². The van der Waals surface area contributed by atoms with Gasteiger partial charge in [0.05, 0.1) is 18.2 Å². The number of carbonyl (C=O) groups is 2. The molecule has 0 bridgehead atoms. The van der Waals surface area contributed by atoms with E-state index in [4.69, 9.17) is 10.00 Å². The summed E-state index contributed by atoms with van der Waals surface area (Å²) in [6, 6.07) is 16.2. The Labute approximate surface area is 183 Å². The molecule has 6 nitrogen and oxygen atoms in total. The van der Waals surface area contributed by atoms with Gasteiger partial charge in [0.25, 0.3) is 11.8 Å². The number of hydrogen-bond donors (Lipinski definition) is 0. The van der Waals surface area contributed by atoms with E-state index in [2.05, 4.69) is 6.07 Å². The maximum atomic E-state index is 12.8. The first-order valence-corrected chi connectivity index (χ1v) is 11.0. The van der Waals surface area contributed by atoms with Crippen LogP contribution in [-0.2, 0) is 0 Å². The van der Waals surface area contributed by atoms with E-state index in [0.29, 0.717) is 35.6 Å². The Morgan fingerprint density at radius 2 is 1.65 bits per heavy atom. The number of rotatable bonds is 5. The maximum Gasteiger partial charge on any atom is 0.253 e. The molecule has 2 aliphatic heterocycles. The van der Waals surface area contributed by atoms with Crippen molar-refractivity contribution in [1.29, 1.82) is 5.26 Å². The maximum absolute atomic E-state index is 12.8. The van der Waals surface area contributed by atoms with Gasteiger partial charge in [-0.3, -0.25) is 9.59 Å².